The van der Waals surface area contributed by atoms with Crippen LogP contribution in [0.2, 0.25) is 0 Å². The fraction of sp³-hybridized carbons (Fsp3) is 0.533. The van der Waals surface area contributed by atoms with Crippen LogP contribution in [0.1, 0.15) is 33.3 Å². The molecule has 0 radical (unpaired) electrons. The molecule has 4 heteroatoms. The van der Waals surface area contributed by atoms with Crippen LogP contribution in [0.4, 0.5) is 11.4 Å². The van der Waals surface area contributed by atoms with Crippen molar-refractivity contribution in [2.45, 2.75) is 39.8 Å². The number of nitrogens with one attached hydrogen (secondary N) is 1. The maximum absolute atomic E-state index is 8.89. The van der Waals surface area contributed by atoms with Crippen LogP contribution < -0.4 is 11.1 Å². The van der Waals surface area contributed by atoms with Crippen LogP contribution in [0.3, 0.4) is 0 Å². The minimum atomic E-state index is 0.518. The lowest BCUT2D eigenvalue weighted by atomic mass is 10.2. The van der Waals surface area contributed by atoms with Gasteiger partial charge in [0.15, 0.2) is 0 Å². The Hall–Kier alpha value is -1.73. The third-order valence-corrected chi connectivity index (χ3v) is 3.19. The Balaban J connectivity index is 2.60. The van der Waals surface area contributed by atoms with E-state index in [9.17, 15) is 0 Å². The topological polar surface area (TPSA) is 65.1 Å². The van der Waals surface area contributed by atoms with E-state index in [4.69, 9.17) is 11.0 Å². The van der Waals surface area contributed by atoms with Gasteiger partial charge in [-0.15, -0.1) is 0 Å². The first-order valence-corrected chi connectivity index (χ1v) is 6.75. The van der Waals surface area contributed by atoms with Gasteiger partial charge in [-0.2, -0.15) is 5.26 Å². The first kappa shape index (κ1) is 15.3. The van der Waals surface area contributed by atoms with Gasteiger partial charge < -0.3 is 11.1 Å². The van der Waals surface area contributed by atoms with Gasteiger partial charge in [-0.25, -0.2) is 0 Å². The third-order valence-electron chi connectivity index (χ3n) is 3.19. The Bertz CT molecular complexity index is 438. The largest absolute Gasteiger partial charge is 0.397 e. The zero-order valence-corrected chi connectivity index (χ0v) is 12.3. The Labute approximate surface area is 116 Å². The van der Waals surface area contributed by atoms with E-state index in [1.807, 2.05) is 0 Å². The molecule has 4 nitrogen and oxygen atoms in total. The molecule has 1 rings (SSSR count). The fourth-order valence-electron chi connectivity index (χ4n) is 2.21. The molecular formula is C15H24N4. The minimum absolute atomic E-state index is 0.518. The number of nitrogens with two attached hydrogens (primary N) is 1. The average molecular weight is 260 g/mol. The first-order valence-electron chi connectivity index (χ1n) is 6.75. The molecule has 0 saturated carbocycles. The van der Waals surface area contributed by atoms with Crippen molar-refractivity contribution in [3.63, 3.8) is 0 Å². The number of benzene rings is 1. The van der Waals surface area contributed by atoms with Crippen LogP contribution in [-0.4, -0.2) is 30.1 Å². The van der Waals surface area contributed by atoms with Crippen LogP contribution in [0.25, 0.3) is 0 Å². The molecule has 0 fully saturated rings. The maximum Gasteiger partial charge on any atom is 0.0992 e. The van der Waals surface area contributed by atoms with Gasteiger partial charge in [0.1, 0.15) is 0 Å². The number of nitrogen functional groups attached to an aromatic ring is 1. The van der Waals surface area contributed by atoms with Crippen molar-refractivity contribution in [2.24, 2.45) is 0 Å². The molecule has 0 bridgehead atoms. The number of nitriles is 1. The number of nitrogens with zero attached hydrogens (tertiary/aromatic N) is 2. The van der Waals surface area contributed by atoms with E-state index in [1.54, 1.807) is 18.2 Å². The Morgan fingerprint density at radius 3 is 2.42 bits per heavy atom. The summed E-state index contributed by atoms with van der Waals surface area (Å²) in [4.78, 5) is 2.41. The molecule has 19 heavy (non-hydrogen) atoms. The monoisotopic (exact) mass is 260 g/mol. The van der Waals surface area contributed by atoms with Gasteiger partial charge >= 0.3 is 0 Å². The standard InChI is InChI=1S/C15H24N4/c1-11(2)19(12(3)4)8-7-18-15-9-13(10-16)5-6-14(15)17/h5-6,9,11-12,18H,7-8,17H2,1-4H3. The zero-order valence-electron chi connectivity index (χ0n) is 12.3. The minimum Gasteiger partial charge on any atom is -0.397 e. The molecule has 0 spiro atoms. The Kier molecular flexibility index (Phi) is 5.65. The predicted octanol–water partition coefficient (Wildman–Crippen LogP) is 2.67. The SMILES string of the molecule is CC(C)N(CCNc1cc(C#N)ccc1N)C(C)C. The van der Waals surface area contributed by atoms with Gasteiger partial charge in [-0.1, -0.05) is 0 Å². The maximum atomic E-state index is 8.89. The van der Waals surface area contributed by atoms with Gasteiger partial charge in [-0.05, 0) is 45.9 Å². The molecular weight excluding hydrogens is 236 g/mol. The Morgan fingerprint density at radius 1 is 1.26 bits per heavy atom. The van der Waals surface area contributed by atoms with E-state index < -0.39 is 0 Å². The quantitative estimate of drug-likeness (QED) is 0.772. The summed E-state index contributed by atoms with van der Waals surface area (Å²) >= 11 is 0. The van der Waals surface area contributed by atoms with Crippen molar-refractivity contribution in [2.75, 3.05) is 24.1 Å². The van der Waals surface area contributed by atoms with Crippen LogP contribution in [-0.2, 0) is 0 Å². The summed E-state index contributed by atoms with van der Waals surface area (Å²) in [6.07, 6.45) is 0. The van der Waals surface area contributed by atoms with Gasteiger partial charge in [0, 0.05) is 25.2 Å². The van der Waals surface area contributed by atoms with Gasteiger partial charge in [0.25, 0.3) is 0 Å². The van der Waals surface area contributed by atoms with Gasteiger partial charge in [-0.3, -0.25) is 4.90 Å². The van der Waals surface area contributed by atoms with Crippen LogP contribution in [0.5, 0.6) is 0 Å². The lowest BCUT2D eigenvalue weighted by Gasteiger charge is -2.30. The molecule has 1 aromatic rings. The number of hydrogen-bond acceptors (Lipinski definition) is 4. The molecule has 0 aliphatic heterocycles. The van der Waals surface area contributed by atoms with Crippen LogP contribution in [0, 0.1) is 11.3 Å². The summed E-state index contributed by atoms with van der Waals surface area (Å²) in [5.74, 6) is 0. The van der Waals surface area contributed by atoms with Crippen LogP contribution in [0.15, 0.2) is 18.2 Å². The second kappa shape index (κ2) is 7.01. The van der Waals surface area contributed by atoms with Gasteiger partial charge in [0.05, 0.1) is 23.0 Å². The third kappa shape index (κ3) is 4.46. The summed E-state index contributed by atoms with van der Waals surface area (Å²) in [5.41, 5.74) is 8.04. The van der Waals surface area contributed by atoms with E-state index in [0.29, 0.717) is 23.3 Å². The molecule has 0 saturated heterocycles. The van der Waals surface area contributed by atoms with Crippen molar-refractivity contribution >= 4 is 11.4 Å². The molecule has 0 heterocycles. The van der Waals surface area contributed by atoms with E-state index >= 15 is 0 Å². The molecule has 0 aromatic heterocycles. The average Bonchev–Trinajstić information content (AvgIpc) is 2.35. The Morgan fingerprint density at radius 2 is 1.89 bits per heavy atom. The number of rotatable bonds is 6. The summed E-state index contributed by atoms with van der Waals surface area (Å²) < 4.78 is 0. The molecule has 0 atom stereocenters. The normalized spacial score (nSPS) is 11.1. The number of anilines is 2. The predicted molar refractivity (Wildman–Crippen MR) is 81.0 cm³/mol. The highest BCUT2D eigenvalue weighted by atomic mass is 15.2. The molecule has 0 amide bonds. The fourth-order valence-corrected chi connectivity index (χ4v) is 2.21. The summed E-state index contributed by atoms with van der Waals surface area (Å²) in [6.45, 7) is 10.6. The molecule has 3 N–H and O–H groups in total. The lowest BCUT2D eigenvalue weighted by molar-refractivity contribution is 0.182. The van der Waals surface area contributed by atoms with Crippen molar-refractivity contribution in [1.82, 2.24) is 4.90 Å². The van der Waals surface area contributed by atoms with Crippen molar-refractivity contribution in [1.29, 1.82) is 5.26 Å². The van der Waals surface area contributed by atoms with Crippen molar-refractivity contribution < 1.29 is 0 Å². The molecule has 1 aromatic carbocycles. The smallest absolute Gasteiger partial charge is 0.0992 e. The van der Waals surface area contributed by atoms with E-state index in [0.717, 1.165) is 18.8 Å². The summed E-state index contributed by atoms with van der Waals surface area (Å²) in [7, 11) is 0. The highest BCUT2D eigenvalue weighted by molar-refractivity contribution is 5.68. The highest BCUT2D eigenvalue weighted by Crippen LogP contribution is 2.19. The van der Waals surface area contributed by atoms with Crippen LogP contribution >= 0.6 is 0 Å². The number of hydrogen-bond donors (Lipinski definition) is 2. The zero-order chi connectivity index (χ0) is 14.4. The van der Waals surface area contributed by atoms with Crippen molar-refractivity contribution in [3.8, 4) is 6.07 Å². The van der Waals surface area contributed by atoms with E-state index in [1.165, 1.54) is 0 Å². The summed E-state index contributed by atoms with van der Waals surface area (Å²) in [5, 5.41) is 12.2. The molecule has 0 aliphatic rings. The highest BCUT2D eigenvalue weighted by Gasteiger charge is 2.12. The second-order valence-electron chi connectivity index (χ2n) is 5.27. The first-order chi connectivity index (χ1) is 8.95. The second-order valence-corrected chi connectivity index (χ2v) is 5.27. The van der Waals surface area contributed by atoms with Crippen molar-refractivity contribution in [3.05, 3.63) is 23.8 Å². The van der Waals surface area contributed by atoms with E-state index in [-0.39, 0.29) is 0 Å². The molecule has 0 aliphatic carbocycles. The lowest BCUT2D eigenvalue weighted by Crippen LogP contribution is -2.40. The molecule has 104 valence electrons. The summed E-state index contributed by atoms with van der Waals surface area (Å²) in [6, 6.07) is 8.46. The molecule has 0 unspecified atom stereocenters. The van der Waals surface area contributed by atoms with E-state index in [2.05, 4.69) is 44.0 Å². The van der Waals surface area contributed by atoms with Gasteiger partial charge in [0.2, 0.25) is 0 Å².